The summed E-state index contributed by atoms with van der Waals surface area (Å²) in [5, 5.41) is 11.3. The van der Waals surface area contributed by atoms with E-state index in [4.69, 9.17) is 4.52 Å². The van der Waals surface area contributed by atoms with E-state index in [1.807, 2.05) is 42.2 Å². The first-order valence-electron chi connectivity index (χ1n) is 10.1. The van der Waals surface area contributed by atoms with Crippen molar-refractivity contribution in [1.82, 2.24) is 30.1 Å². The van der Waals surface area contributed by atoms with Gasteiger partial charge in [-0.2, -0.15) is 10.1 Å². The molecule has 1 amide bonds. The molecule has 1 aliphatic heterocycles. The van der Waals surface area contributed by atoms with Gasteiger partial charge in [-0.3, -0.25) is 14.8 Å². The molecule has 1 aromatic carbocycles. The Morgan fingerprint density at radius 1 is 1.17 bits per heavy atom. The number of benzene rings is 1. The summed E-state index contributed by atoms with van der Waals surface area (Å²) in [7, 11) is 0. The standard InChI is InChI=1S/C21H24N6O2/c1-14-2-4-16(5-3-14)20-22-19(29-25-20)13-26-8-10-27(11-9-26)21(28)18-12-17(23-24-18)15-6-7-15/h2-5,12,15H,6-11,13H2,1H3,(H,23,24). The van der Waals surface area contributed by atoms with E-state index in [2.05, 4.69) is 25.2 Å². The molecule has 1 N–H and O–H groups in total. The summed E-state index contributed by atoms with van der Waals surface area (Å²) in [6, 6.07) is 9.98. The zero-order chi connectivity index (χ0) is 19.8. The van der Waals surface area contributed by atoms with Crippen LogP contribution in [0.1, 0.15) is 46.4 Å². The van der Waals surface area contributed by atoms with Gasteiger partial charge in [0.05, 0.1) is 6.54 Å². The lowest BCUT2D eigenvalue weighted by atomic mass is 10.1. The molecule has 0 radical (unpaired) electrons. The van der Waals surface area contributed by atoms with Gasteiger partial charge in [-0.15, -0.1) is 0 Å². The lowest BCUT2D eigenvalue weighted by Gasteiger charge is -2.33. The number of nitrogens with one attached hydrogen (secondary N) is 1. The van der Waals surface area contributed by atoms with E-state index in [1.165, 1.54) is 18.4 Å². The molecule has 2 fully saturated rings. The van der Waals surface area contributed by atoms with Crippen LogP contribution >= 0.6 is 0 Å². The Morgan fingerprint density at radius 3 is 2.66 bits per heavy atom. The Kier molecular flexibility index (Phi) is 4.63. The number of carbonyl (C=O) groups is 1. The molecule has 150 valence electrons. The number of aryl methyl sites for hydroxylation is 1. The Labute approximate surface area is 168 Å². The van der Waals surface area contributed by atoms with Crippen LogP contribution in [-0.4, -0.2) is 62.2 Å². The number of piperazine rings is 1. The molecule has 1 aliphatic carbocycles. The van der Waals surface area contributed by atoms with E-state index in [0.29, 0.717) is 43.0 Å². The van der Waals surface area contributed by atoms with Gasteiger partial charge in [-0.25, -0.2) is 0 Å². The van der Waals surface area contributed by atoms with Crippen molar-refractivity contribution in [1.29, 1.82) is 0 Å². The van der Waals surface area contributed by atoms with E-state index < -0.39 is 0 Å². The highest BCUT2D eigenvalue weighted by Gasteiger charge is 2.29. The summed E-state index contributed by atoms with van der Waals surface area (Å²) in [6.07, 6.45) is 2.38. The molecule has 0 bridgehead atoms. The Bertz CT molecular complexity index is 996. The average molecular weight is 392 g/mol. The van der Waals surface area contributed by atoms with E-state index in [9.17, 15) is 4.79 Å². The van der Waals surface area contributed by atoms with E-state index >= 15 is 0 Å². The summed E-state index contributed by atoms with van der Waals surface area (Å²) < 4.78 is 5.43. The van der Waals surface area contributed by atoms with Crippen molar-refractivity contribution in [2.24, 2.45) is 0 Å². The van der Waals surface area contributed by atoms with Crippen molar-refractivity contribution in [2.75, 3.05) is 26.2 Å². The molecule has 8 nitrogen and oxygen atoms in total. The largest absolute Gasteiger partial charge is 0.338 e. The molecule has 0 unspecified atom stereocenters. The van der Waals surface area contributed by atoms with Crippen LogP contribution in [0.5, 0.6) is 0 Å². The van der Waals surface area contributed by atoms with Crippen LogP contribution in [0, 0.1) is 6.92 Å². The van der Waals surface area contributed by atoms with Crippen LogP contribution in [0.2, 0.25) is 0 Å². The van der Waals surface area contributed by atoms with Crippen LogP contribution in [-0.2, 0) is 6.54 Å². The first kappa shape index (κ1) is 18.1. The molecular weight excluding hydrogens is 368 g/mol. The minimum Gasteiger partial charge on any atom is -0.338 e. The van der Waals surface area contributed by atoms with E-state index in [0.717, 1.165) is 24.3 Å². The normalized spacial score (nSPS) is 17.6. The van der Waals surface area contributed by atoms with Crippen LogP contribution < -0.4 is 0 Å². The lowest BCUT2D eigenvalue weighted by molar-refractivity contribution is 0.0609. The number of carbonyl (C=O) groups excluding carboxylic acids is 1. The van der Waals surface area contributed by atoms with Crippen LogP contribution in [0.25, 0.3) is 11.4 Å². The number of amides is 1. The van der Waals surface area contributed by atoms with Gasteiger partial charge in [0.25, 0.3) is 5.91 Å². The fraction of sp³-hybridized carbons (Fsp3) is 0.429. The second-order valence-corrected chi connectivity index (χ2v) is 7.93. The number of aromatic nitrogens is 4. The van der Waals surface area contributed by atoms with Crippen molar-refractivity contribution in [2.45, 2.75) is 32.2 Å². The molecule has 0 spiro atoms. The Balaban J connectivity index is 1.16. The second-order valence-electron chi connectivity index (χ2n) is 7.93. The predicted octanol–water partition coefficient (Wildman–Crippen LogP) is 2.60. The monoisotopic (exact) mass is 392 g/mol. The van der Waals surface area contributed by atoms with Gasteiger partial charge in [0.1, 0.15) is 5.69 Å². The predicted molar refractivity (Wildman–Crippen MR) is 106 cm³/mol. The number of H-pyrrole nitrogens is 1. The van der Waals surface area contributed by atoms with Gasteiger partial charge < -0.3 is 9.42 Å². The van der Waals surface area contributed by atoms with Gasteiger partial charge in [0, 0.05) is 43.4 Å². The van der Waals surface area contributed by atoms with Gasteiger partial charge in [-0.05, 0) is 25.8 Å². The molecule has 1 saturated carbocycles. The highest BCUT2D eigenvalue weighted by Crippen LogP contribution is 2.39. The van der Waals surface area contributed by atoms with Crippen molar-refractivity contribution in [3.05, 3.63) is 53.2 Å². The smallest absolute Gasteiger partial charge is 0.274 e. The molecule has 0 atom stereocenters. The molecule has 3 aromatic rings. The number of nitrogens with zero attached hydrogens (tertiary/aromatic N) is 5. The number of aromatic amines is 1. The SMILES string of the molecule is Cc1ccc(-c2noc(CN3CCN(C(=O)c4cc(C5CC5)[nH]n4)CC3)n2)cc1. The summed E-state index contributed by atoms with van der Waals surface area (Å²) in [4.78, 5) is 21.3. The summed E-state index contributed by atoms with van der Waals surface area (Å²) in [5.74, 6) is 1.79. The van der Waals surface area contributed by atoms with Crippen LogP contribution in [0.15, 0.2) is 34.9 Å². The van der Waals surface area contributed by atoms with E-state index in [1.54, 1.807) is 0 Å². The van der Waals surface area contributed by atoms with Gasteiger partial charge in [-0.1, -0.05) is 35.0 Å². The zero-order valence-electron chi connectivity index (χ0n) is 16.5. The maximum atomic E-state index is 12.7. The molecule has 2 aromatic heterocycles. The zero-order valence-corrected chi connectivity index (χ0v) is 16.5. The van der Waals surface area contributed by atoms with Gasteiger partial charge in [0.2, 0.25) is 11.7 Å². The Hall–Kier alpha value is -3.00. The fourth-order valence-corrected chi connectivity index (χ4v) is 3.65. The third-order valence-corrected chi connectivity index (χ3v) is 5.63. The minimum atomic E-state index is 0.00671. The number of hydrogen-bond donors (Lipinski definition) is 1. The van der Waals surface area contributed by atoms with Gasteiger partial charge >= 0.3 is 0 Å². The maximum absolute atomic E-state index is 12.7. The first-order valence-corrected chi connectivity index (χ1v) is 10.1. The second kappa shape index (κ2) is 7.44. The highest BCUT2D eigenvalue weighted by atomic mass is 16.5. The summed E-state index contributed by atoms with van der Waals surface area (Å²) in [6.45, 7) is 5.53. The van der Waals surface area contributed by atoms with Crippen molar-refractivity contribution in [3.63, 3.8) is 0 Å². The topological polar surface area (TPSA) is 91.2 Å². The molecule has 8 heteroatoms. The summed E-state index contributed by atoms with van der Waals surface area (Å²) in [5.41, 5.74) is 3.77. The molecule has 2 aliphatic rings. The maximum Gasteiger partial charge on any atom is 0.274 e. The minimum absolute atomic E-state index is 0.00671. The quantitative estimate of drug-likeness (QED) is 0.718. The van der Waals surface area contributed by atoms with Crippen molar-refractivity contribution >= 4 is 5.91 Å². The highest BCUT2D eigenvalue weighted by molar-refractivity contribution is 5.92. The van der Waals surface area contributed by atoms with Crippen molar-refractivity contribution in [3.8, 4) is 11.4 Å². The third-order valence-electron chi connectivity index (χ3n) is 5.63. The molecular formula is C21H24N6O2. The molecule has 5 rings (SSSR count). The van der Waals surface area contributed by atoms with E-state index in [-0.39, 0.29) is 5.91 Å². The fourth-order valence-electron chi connectivity index (χ4n) is 3.65. The third kappa shape index (κ3) is 3.93. The van der Waals surface area contributed by atoms with Crippen LogP contribution in [0.3, 0.4) is 0 Å². The Morgan fingerprint density at radius 2 is 1.93 bits per heavy atom. The van der Waals surface area contributed by atoms with Gasteiger partial charge in [0.15, 0.2) is 0 Å². The molecule has 29 heavy (non-hydrogen) atoms. The van der Waals surface area contributed by atoms with Crippen molar-refractivity contribution < 1.29 is 9.32 Å². The molecule has 1 saturated heterocycles. The lowest BCUT2D eigenvalue weighted by Crippen LogP contribution is -2.48. The summed E-state index contributed by atoms with van der Waals surface area (Å²) >= 11 is 0. The average Bonchev–Trinajstić information content (AvgIpc) is 3.29. The molecule has 3 heterocycles. The first-order chi connectivity index (χ1) is 14.2. The van der Waals surface area contributed by atoms with Crippen LogP contribution in [0.4, 0.5) is 0 Å². The number of rotatable bonds is 5. The number of hydrogen-bond acceptors (Lipinski definition) is 6.